The minimum Gasteiger partial charge on any atom is -0.325 e. The first-order valence-electron chi connectivity index (χ1n) is 6.64. The Labute approximate surface area is 106 Å². The van der Waals surface area contributed by atoms with Crippen LogP contribution in [0.25, 0.3) is 6.08 Å². The molecule has 0 aliphatic heterocycles. The van der Waals surface area contributed by atoms with Crippen LogP contribution in [0.15, 0.2) is 30.8 Å². The molecule has 1 nitrogen and oxygen atoms in total. The van der Waals surface area contributed by atoms with Gasteiger partial charge in [-0.05, 0) is 30.4 Å². The molecule has 0 aliphatic rings. The van der Waals surface area contributed by atoms with Crippen molar-refractivity contribution in [3.8, 4) is 0 Å². The van der Waals surface area contributed by atoms with Gasteiger partial charge in [-0.15, -0.1) is 0 Å². The minimum absolute atomic E-state index is 0.0286. The number of nitrogens with two attached hydrogens (primary N) is 1. The van der Waals surface area contributed by atoms with Gasteiger partial charge in [0.15, 0.2) is 0 Å². The third-order valence-corrected chi connectivity index (χ3v) is 3.27. The lowest BCUT2D eigenvalue weighted by Gasteiger charge is -2.29. The molecular formula is C16H25N. The zero-order valence-electron chi connectivity index (χ0n) is 11.2. The first kappa shape index (κ1) is 14.0. The maximum Gasteiger partial charge on any atom is 0.0194 e. The highest BCUT2D eigenvalue weighted by atomic mass is 14.7. The van der Waals surface area contributed by atoms with Crippen molar-refractivity contribution in [1.29, 1.82) is 0 Å². The van der Waals surface area contributed by atoms with Crippen LogP contribution in [0.2, 0.25) is 0 Å². The summed E-state index contributed by atoms with van der Waals surface area (Å²) in [5.74, 6) is 0. The van der Waals surface area contributed by atoms with Gasteiger partial charge in [-0.2, -0.15) is 0 Å². The predicted molar refractivity (Wildman–Crippen MR) is 77.0 cm³/mol. The topological polar surface area (TPSA) is 26.0 Å². The average molecular weight is 231 g/mol. The Hall–Kier alpha value is -1.08. The highest BCUT2D eigenvalue weighted by Crippen LogP contribution is 2.22. The van der Waals surface area contributed by atoms with Crippen LogP contribution in [0.4, 0.5) is 0 Å². The van der Waals surface area contributed by atoms with E-state index in [0.717, 1.165) is 32.1 Å². The third kappa shape index (κ3) is 4.35. The predicted octanol–water partition coefficient (Wildman–Crippen LogP) is 4.17. The van der Waals surface area contributed by atoms with Crippen molar-refractivity contribution < 1.29 is 0 Å². The fourth-order valence-corrected chi connectivity index (χ4v) is 2.48. The van der Waals surface area contributed by atoms with Crippen LogP contribution in [0, 0.1) is 0 Å². The SMILES string of the molecule is C=Cc1ccc(CC(N)(CCC)CCC)cc1. The lowest BCUT2D eigenvalue weighted by Crippen LogP contribution is -2.41. The molecule has 1 aromatic rings. The second-order valence-corrected chi connectivity index (χ2v) is 4.98. The van der Waals surface area contributed by atoms with Crippen molar-refractivity contribution >= 4 is 6.08 Å². The summed E-state index contributed by atoms with van der Waals surface area (Å²) in [6, 6.07) is 8.56. The van der Waals surface area contributed by atoms with E-state index in [4.69, 9.17) is 5.73 Å². The van der Waals surface area contributed by atoms with Gasteiger partial charge in [-0.3, -0.25) is 0 Å². The molecule has 0 saturated carbocycles. The summed E-state index contributed by atoms with van der Waals surface area (Å²) in [5, 5.41) is 0. The van der Waals surface area contributed by atoms with E-state index in [1.807, 2.05) is 6.08 Å². The van der Waals surface area contributed by atoms with E-state index in [1.54, 1.807) is 0 Å². The zero-order chi connectivity index (χ0) is 12.7. The van der Waals surface area contributed by atoms with Crippen LogP contribution in [0.1, 0.15) is 50.7 Å². The Morgan fingerprint density at radius 2 is 1.65 bits per heavy atom. The molecule has 1 aromatic carbocycles. The van der Waals surface area contributed by atoms with Crippen LogP contribution in [-0.4, -0.2) is 5.54 Å². The van der Waals surface area contributed by atoms with Crippen molar-refractivity contribution in [2.75, 3.05) is 0 Å². The smallest absolute Gasteiger partial charge is 0.0194 e. The standard InChI is InChI=1S/C16H25N/c1-4-11-16(17,12-5-2)13-15-9-7-14(6-3)8-10-15/h6-10H,3-5,11-13,17H2,1-2H3. The van der Waals surface area contributed by atoms with Crippen molar-refractivity contribution in [3.05, 3.63) is 42.0 Å². The van der Waals surface area contributed by atoms with Gasteiger partial charge in [0.25, 0.3) is 0 Å². The number of hydrogen-bond acceptors (Lipinski definition) is 1. The third-order valence-electron chi connectivity index (χ3n) is 3.27. The van der Waals surface area contributed by atoms with Crippen LogP contribution >= 0.6 is 0 Å². The van der Waals surface area contributed by atoms with Crippen LogP contribution in [-0.2, 0) is 6.42 Å². The number of benzene rings is 1. The quantitative estimate of drug-likeness (QED) is 0.749. The van der Waals surface area contributed by atoms with Gasteiger partial charge < -0.3 is 5.73 Å². The van der Waals surface area contributed by atoms with Gasteiger partial charge in [-0.25, -0.2) is 0 Å². The first-order chi connectivity index (χ1) is 8.13. The molecule has 0 radical (unpaired) electrons. The molecule has 0 spiro atoms. The van der Waals surface area contributed by atoms with Gasteiger partial charge in [0.1, 0.15) is 0 Å². The molecule has 0 aliphatic carbocycles. The largest absolute Gasteiger partial charge is 0.325 e. The molecule has 0 fully saturated rings. The maximum absolute atomic E-state index is 6.50. The van der Waals surface area contributed by atoms with Crippen molar-refractivity contribution in [1.82, 2.24) is 0 Å². The van der Waals surface area contributed by atoms with E-state index in [-0.39, 0.29) is 5.54 Å². The minimum atomic E-state index is -0.0286. The summed E-state index contributed by atoms with van der Waals surface area (Å²) in [6.07, 6.45) is 7.36. The summed E-state index contributed by atoms with van der Waals surface area (Å²) in [6.45, 7) is 8.18. The molecule has 2 N–H and O–H groups in total. The van der Waals surface area contributed by atoms with Crippen molar-refractivity contribution in [3.63, 3.8) is 0 Å². The lowest BCUT2D eigenvalue weighted by molar-refractivity contribution is 0.355. The van der Waals surface area contributed by atoms with E-state index in [1.165, 1.54) is 11.1 Å². The molecule has 0 bridgehead atoms. The summed E-state index contributed by atoms with van der Waals surface area (Å²) < 4.78 is 0. The van der Waals surface area contributed by atoms with Gasteiger partial charge in [0, 0.05) is 5.54 Å². The van der Waals surface area contributed by atoms with Crippen molar-refractivity contribution in [2.45, 2.75) is 51.5 Å². The lowest BCUT2D eigenvalue weighted by atomic mass is 9.83. The van der Waals surface area contributed by atoms with Gasteiger partial charge in [0.2, 0.25) is 0 Å². The Morgan fingerprint density at radius 3 is 2.06 bits per heavy atom. The Balaban J connectivity index is 2.74. The number of rotatable bonds is 7. The second-order valence-electron chi connectivity index (χ2n) is 4.98. The van der Waals surface area contributed by atoms with E-state index in [2.05, 4.69) is 44.7 Å². The molecule has 0 unspecified atom stereocenters. The average Bonchev–Trinajstić information content (AvgIpc) is 2.30. The molecule has 1 heteroatoms. The van der Waals surface area contributed by atoms with Gasteiger partial charge in [0.05, 0.1) is 0 Å². The van der Waals surface area contributed by atoms with E-state index in [9.17, 15) is 0 Å². The van der Waals surface area contributed by atoms with Crippen LogP contribution < -0.4 is 5.73 Å². The summed E-state index contributed by atoms with van der Waals surface area (Å²) in [5.41, 5.74) is 8.98. The zero-order valence-corrected chi connectivity index (χ0v) is 11.2. The Morgan fingerprint density at radius 1 is 1.12 bits per heavy atom. The van der Waals surface area contributed by atoms with Crippen LogP contribution in [0.5, 0.6) is 0 Å². The molecule has 0 saturated heterocycles. The summed E-state index contributed by atoms with van der Waals surface area (Å²) in [4.78, 5) is 0. The fraction of sp³-hybridized carbons (Fsp3) is 0.500. The van der Waals surface area contributed by atoms with Gasteiger partial charge in [-0.1, -0.05) is 63.6 Å². The molecule has 94 valence electrons. The number of hydrogen-bond donors (Lipinski definition) is 1. The monoisotopic (exact) mass is 231 g/mol. The molecule has 17 heavy (non-hydrogen) atoms. The van der Waals surface area contributed by atoms with Crippen LogP contribution in [0.3, 0.4) is 0 Å². The highest BCUT2D eigenvalue weighted by Gasteiger charge is 2.22. The second kappa shape index (κ2) is 6.61. The van der Waals surface area contributed by atoms with E-state index >= 15 is 0 Å². The summed E-state index contributed by atoms with van der Waals surface area (Å²) in [7, 11) is 0. The molecule has 1 rings (SSSR count). The highest BCUT2D eigenvalue weighted by molar-refractivity contribution is 5.47. The molecule has 0 amide bonds. The first-order valence-corrected chi connectivity index (χ1v) is 6.64. The molecular weight excluding hydrogens is 206 g/mol. The van der Waals surface area contributed by atoms with E-state index in [0.29, 0.717) is 0 Å². The molecule has 0 aromatic heterocycles. The summed E-state index contributed by atoms with van der Waals surface area (Å²) >= 11 is 0. The molecule has 0 atom stereocenters. The fourth-order valence-electron chi connectivity index (χ4n) is 2.48. The van der Waals surface area contributed by atoms with E-state index < -0.39 is 0 Å². The normalized spacial score (nSPS) is 11.5. The Bertz CT molecular complexity index is 331. The maximum atomic E-state index is 6.50. The van der Waals surface area contributed by atoms with Crippen molar-refractivity contribution in [2.24, 2.45) is 5.73 Å². The molecule has 0 heterocycles. The van der Waals surface area contributed by atoms with Gasteiger partial charge >= 0.3 is 0 Å². The Kier molecular flexibility index (Phi) is 5.43.